The van der Waals surface area contributed by atoms with Crippen LogP contribution in [-0.4, -0.2) is 11.9 Å². The predicted molar refractivity (Wildman–Crippen MR) is 71.8 cm³/mol. The number of hydrogen-bond donors (Lipinski definition) is 1. The summed E-state index contributed by atoms with van der Waals surface area (Å²) in [5.41, 5.74) is 1.08. The third-order valence-corrected chi connectivity index (χ3v) is 4.41. The van der Waals surface area contributed by atoms with Gasteiger partial charge in [0, 0.05) is 12.5 Å². The zero-order valence-corrected chi connectivity index (χ0v) is 11.7. The first-order valence-electron chi connectivity index (χ1n) is 5.08. The van der Waals surface area contributed by atoms with E-state index in [-0.39, 0.29) is 11.9 Å². The summed E-state index contributed by atoms with van der Waals surface area (Å²) in [5.74, 6) is 2.53. The maximum atomic E-state index is 11.9. The summed E-state index contributed by atoms with van der Waals surface area (Å²) >= 11 is 4.85. The molecule has 2 nitrogen and oxygen atoms in total. The highest BCUT2D eigenvalue weighted by Crippen LogP contribution is 2.27. The van der Waals surface area contributed by atoms with Crippen molar-refractivity contribution in [3.05, 3.63) is 20.3 Å². The third-order valence-electron chi connectivity index (χ3n) is 2.27. The van der Waals surface area contributed by atoms with Crippen molar-refractivity contribution in [3.63, 3.8) is 0 Å². The minimum absolute atomic E-state index is 0.0408. The van der Waals surface area contributed by atoms with Crippen molar-refractivity contribution in [1.29, 1.82) is 0 Å². The average Bonchev–Trinajstić information content (AvgIpc) is 2.58. The maximum Gasteiger partial charge on any atom is 0.261 e. The van der Waals surface area contributed by atoms with Crippen molar-refractivity contribution in [3.8, 4) is 12.3 Å². The van der Waals surface area contributed by atoms with Crippen LogP contribution >= 0.6 is 27.3 Å². The molecule has 1 rings (SSSR count). The van der Waals surface area contributed by atoms with Crippen LogP contribution < -0.4 is 5.32 Å². The van der Waals surface area contributed by atoms with Crippen molar-refractivity contribution in [2.75, 3.05) is 0 Å². The molecule has 1 heterocycles. The van der Waals surface area contributed by atoms with Crippen LogP contribution in [0.5, 0.6) is 0 Å². The standard InChI is InChI=1S/C12H14BrNOS/c1-4-6-9(5-2)14-12(15)10-7-8(3)11(13)16-10/h1,7,9H,5-6H2,2-3H3,(H,14,15). The number of thiophene rings is 1. The van der Waals surface area contributed by atoms with E-state index in [1.807, 2.05) is 19.9 Å². The highest BCUT2D eigenvalue weighted by molar-refractivity contribution is 9.11. The van der Waals surface area contributed by atoms with Crippen molar-refractivity contribution in [1.82, 2.24) is 5.32 Å². The minimum atomic E-state index is -0.0408. The van der Waals surface area contributed by atoms with E-state index in [9.17, 15) is 4.79 Å². The molecule has 0 spiro atoms. The lowest BCUT2D eigenvalue weighted by Crippen LogP contribution is -2.33. The van der Waals surface area contributed by atoms with Gasteiger partial charge >= 0.3 is 0 Å². The summed E-state index contributed by atoms with van der Waals surface area (Å²) < 4.78 is 1.00. The molecule has 1 aromatic heterocycles. The Hall–Kier alpha value is -0.790. The van der Waals surface area contributed by atoms with Gasteiger partial charge in [-0.25, -0.2) is 0 Å². The van der Waals surface area contributed by atoms with Gasteiger partial charge in [0.25, 0.3) is 5.91 Å². The van der Waals surface area contributed by atoms with Gasteiger partial charge < -0.3 is 5.32 Å². The van der Waals surface area contributed by atoms with Gasteiger partial charge in [0.2, 0.25) is 0 Å². The van der Waals surface area contributed by atoms with E-state index in [4.69, 9.17) is 6.42 Å². The van der Waals surface area contributed by atoms with Crippen LogP contribution in [0.25, 0.3) is 0 Å². The molecule has 0 bridgehead atoms. The molecule has 0 saturated heterocycles. The van der Waals surface area contributed by atoms with Crippen LogP contribution in [-0.2, 0) is 0 Å². The van der Waals surface area contributed by atoms with E-state index in [1.165, 1.54) is 11.3 Å². The van der Waals surface area contributed by atoms with E-state index >= 15 is 0 Å². The van der Waals surface area contributed by atoms with E-state index in [2.05, 4.69) is 27.2 Å². The van der Waals surface area contributed by atoms with Gasteiger partial charge in [-0.2, -0.15) is 0 Å². The van der Waals surface area contributed by atoms with Gasteiger partial charge in [0.15, 0.2) is 0 Å². The number of carbonyl (C=O) groups excluding carboxylic acids is 1. The highest BCUT2D eigenvalue weighted by atomic mass is 79.9. The Labute approximate surface area is 109 Å². The second-order valence-electron chi connectivity index (χ2n) is 3.55. The van der Waals surface area contributed by atoms with Crippen molar-refractivity contribution in [2.24, 2.45) is 0 Å². The van der Waals surface area contributed by atoms with E-state index < -0.39 is 0 Å². The molecular formula is C12H14BrNOS. The number of terminal acetylenes is 1. The summed E-state index contributed by atoms with van der Waals surface area (Å²) in [6.45, 7) is 3.98. The lowest BCUT2D eigenvalue weighted by Gasteiger charge is -2.12. The Morgan fingerprint density at radius 1 is 1.75 bits per heavy atom. The SMILES string of the molecule is C#CCC(CC)NC(=O)c1cc(C)c(Br)s1. The quantitative estimate of drug-likeness (QED) is 0.849. The van der Waals surface area contributed by atoms with E-state index in [1.54, 1.807) is 0 Å². The Bertz CT molecular complexity index is 400. The molecule has 86 valence electrons. The molecule has 0 aliphatic carbocycles. The fraction of sp³-hybridized carbons (Fsp3) is 0.417. The lowest BCUT2D eigenvalue weighted by molar-refractivity contribution is 0.0941. The van der Waals surface area contributed by atoms with Crippen LogP contribution in [0, 0.1) is 19.3 Å². The Balaban J connectivity index is 2.68. The number of carbonyl (C=O) groups is 1. The van der Waals surface area contributed by atoms with Crippen LogP contribution in [0.3, 0.4) is 0 Å². The first-order valence-corrected chi connectivity index (χ1v) is 6.69. The minimum Gasteiger partial charge on any atom is -0.348 e. The molecule has 1 N–H and O–H groups in total. The summed E-state index contributed by atoms with van der Waals surface area (Å²) in [4.78, 5) is 12.6. The monoisotopic (exact) mass is 299 g/mol. The van der Waals surface area contributed by atoms with Gasteiger partial charge in [-0.3, -0.25) is 4.79 Å². The molecule has 1 unspecified atom stereocenters. The molecule has 0 fully saturated rings. The lowest BCUT2D eigenvalue weighted by atomic mass is 10.1. The van der Waals surface area contributed by atoms with Gasteiger partial charge in [0.1, 0.15) is 0 Å². The van der Waals surface area contributed by atoms with Crippen molar-refractivity contribution >= 4 is 33.2 Å². The molecule has 1 aromatic rings. The number of nitrogens with one attached hydrogen (secondary N) is 1. The zero-order chi connectivity index (χ0) is 12.1. The number of rotatable bonds is 4. The Kier molecular flexibility index (Phi) is 5.04. The van der Waals surface area contributed by atoms with E-state index in [0.717, 1.165) is 20.6 Å². The largest absolute Gasteiger partial charge is 0.348 e. The summed E-state index contributed by atoms with van der Waals surface area (Å²) in [6.07, 6.45) is 6.67. The molecule has 16 heavy (non-hydrogen) atoms. The molecule has 0 aliphatic rings. The number of hydrogen-bond acceptors (Lipinski definition) is 2. The summed E-state index contributed by atoms with van der Waals surface area (Å²) in [6, 6.07) is 1.95. The second-order valence-corrected chi connectivity index (χ2v) is 5.92. The summed E-state index contributed by atoms with van der Waals surface area (Å²) in [5, 5.41) is 2.93. The van der Waals surface area contributed by atoms with Gasteiger partial charge in [-0.15, -0.1) is 23.7 Å². The first kappa shape index (κ1) is 13.3. The van der Waals surface area contributed by atoms with Crippen LogP contribution in [0.4, 0.5) is 0 Å². The van der Waals surface area contributed by atoms with Crippen molar-refractivity contribution < 1.29 is 4.79 Å². The number of halogens is 1. The molecule has 1 amide bonds. The van der Waals surface area contributed by atoms with Crippen molar-refractivity contribution in [2.45, 2.75) is 32.7 Å². The topological polar surface area (TPSA) is 29.1 Å². The number of aryl methyl sites for hydroxylation is 1. The fourth-order valence-corrected chi connectivity index (χ4v) is 2.71. The van der Waals surface area contributed by atoms with Crippen LogP contribution in [0.1, 0.15) is 35.0 Å². The molecular weight excluding hydrogens is 286 g/mol. The van der Waals surface area contributed by atoms with E-state index in [0.29, 0.717) is 6.42 Å². The Morgan fingerprint density at radius 2 is 2.44 bits per heavy atom. The predicted octanol–water partition coefficient (Wildman–Crippen LogP) is 3.35. The summed E-state index contributed by atoms with van der Waals surface area (Å²) in [7, 11) is 0. The molecule has 0 radical (unpaired) electrons. The van der Waals surface area contributed by atoms with Gasteiger partial charge in [-0.05, 0) is 40.9 Å². The molecule has 0 aliphatic heterocycles. The third kappa shape index (κ3) is 3.36. The number of amides is 1. The van der Waals surface area contributed by atoms with Crippen LogP contribution in [0.2, 0.25) is 0 Å². The van der Waals surface area contributed by atoms with Crippen LogP contribution in [0.15, 0.2) is 9.85 Å². The highest BCUT2D eigenvalue weighted by Gasteiger charge is 2.14. The molecule has 0 aromatic carbocycles. The molecule has 4 heteroatoms. The fourth-order valence-electron chi connectivity index (χ4n) is 1.27. The smallest absolute Gasteiger partial charge is 0.261 e. The normalized spacial score (nSPS) is 11.9. The molecule has 1 atom stereocenters. The maximum absolute atomic E-state index is 11.9. The molecule has 0 saturated carbocycles. The first-order chi connectivity index (χ1) is 7.58. The average molecular weight is 300 g/mol. The van der Waals surface area contributed by atoms with Gasteiger partial charge in [0.05, 0.1) is 8.66 Å². The van der Waals surface area contributed by atoms with Gasteiger partial charge in [-0.1, -0.05) is 6.92 Å². The Morgan fingerprint density at radius 3 is 2.88 bits per heavy atom. The second kappa shape index (κ2) is 6.07. The zero-order valence-electron chi connectivity index (χ0n) is 9.34.